The first-order chi connectivity index (χ1) is 15.5. The summed E-state index contributed by atoms with van der Waals surface area (Å²) >= 11 is 1.69. The molecular weight excluding hydrogens is 422 g/mol. The van der Waals surface area contributed by atoms with Gasteiger partial charge in [0.1, 0.15) is 16.1 Å². The number of rotatable bonds is 2. The summed E-state index contributed by atoms with van der Waals surface area (Å²) in [6.45, 7) is 2.62. The molecule has 1 N–H and O–H groups in total. The summed E-state index contributed by atoms with van der Waals surface area (Å²) in [5.74, 6) is 0.507. The highest BCUT2D eigenvalue weighted by molar-refractivity contribution is 8.04. The van der Waals surface area contributed by atoms with Crippen molar-refractivity contribution in [3.8, 4) is 0 Å². The minimum Gasteiger partial charge on any atom is -0.325 e. The summed E-state index contributed by atoms with van der Waals surface area (Å²) in [6.07, 6.45) is 2.16. The number of benzene rings is 2. The second kappa shape index (κ2) is 6.74. The van der Waals surface area contributed by atoms with Crippen molar-refractivity contribution in [2.75, 3.05) is 16.5 Å². The second-order valence-corrected chi connectivity index (χ2v) is 9.59. The van der Waals surface area contributed by atoms with Gasteiger partial charge in [0.15, 0.2) is 0 Å². The molecule has 1 aromatic heterocycles. The molecule has 160 valence electrons. The zero-order valence-corrected chi connectivity index (χ0v) is 18.5. The number of H-pyrrole nitrogens is 1. The minimum absolute atomic E-state index is 0.0392. The summed E-state index contributed by atoms with van der Waals surface area (Å²) in [4.78, 5) is 31.0. The van der Waals surface area contributed by atoms with Gasteiger partial charge in [0.25, 0.3) is 5.56 Å². The molecule has 0 saturated carbocycles. The van der Waals surface area contributed by atoms with Gasteiger partial charge in [0, 0.05) is 19.3 Å². The van der Waals surface area contributed by atoms with E-state index in [1.807, 2.05) is 66.5 Å². The van der Waals surface area contributed by atoms with Crippen LogP contribution in [-0.4, -0.2) is 32.6 Å². The van der Waals surface area contributed by atoms with Crippen molar-refractivity contribution in [1.29, 1.82) is 0 Å². The average molecular weight is 444 g/mol. The molecule has 0 saturated heterocycles. The normalized spacial score (nSPS) is 23.1. The molecule has 0 fully saturated rings. The fraction of sp³-hybridized carbons (Fsp3) is 0.208. The summed E-state index contributed by atoms with van der Waals surface area (Å²) < 4.78 is 0.666. The van der Waals surface area contributed by atoms with Gasteiger partial charge >= 0.3 is 5.69 Å². The zero-order chi connectivity index (χ0) is 22.0. The van der Waals surface area contributed by atoms with E-state index >= 15 is 0 Å². The van der Waals surface area contributed by atoms with Gasteiger partial charge in [-0.2, -0.15) is 5.10 Å². The highest BCUT2D eigenvalue weighted by Crippen LogP contribution is 2.52. The maximum absolute atomic E-state index is 13.4. The number of hydrogen-bond donors (Lipinski definition) is 1. The quantitative estimate of drug-likeness (QED) is 0.659. The van der Waals surface area contributed by atoms with E-state index in [2.05, 4.69) is 21.4 Å². The number of fused-ring (bicyclic) bond motifs is 2. The fourth-order valence-corrected chi connectivity index (χ4v) is 5.99. The second-order valence-electron chi connectivity index (χ2n) is 8.35. The first kappa shape index (κ1) is 19.2. The Kier molecular flexibility index (Phi) is 4.04. The van der Waals surface area contributed by atoms with Gasteiger partial charge in [-0.25, -0.2) is 4.79 Å². The summed E-state index contributed by atoms with van der Waals surface area (Å²) in [7, 11) is 1.50. The van der Waals surface area contributed by atoms with Gasteiger partial charge in [-0.15, -0.1) is 11.8 Å². The van der Waals surface area contributed by atoms with E-state index in [1.165, 1.54) is 7.05 Å². The number of anilines is 3. The third-order valence-corrected chi connectivity index (χ3v) is 7.72. The standard InChI is InChI=1S/C24H21N5O2S/c1-15-8-10-16(11-9-15)28-14-24-18(12-13-32-24)29(17-6-4-3-5-7-17)26-20(24)19-21(28)25-23(31)27(2)22(19)30/h3-13,18H,14H2,1-2H3,(H,25,31). The van der Waals surface area contributed by atoms with Crippen molar-refractivity contribution in [3.63, 3.8) is 0 Å². The predicted octanol–water partition coefficient (Wildman–Crippen LogP) is 3.13. The Morgan fingerprint density at radius 3 is 2.56 bits per heavy atom. The number of hydrazone groups is 1. The van der Waals surface area contributed by atoms with Crippen LogP contribution in [0, 0.1) is 6.92 Å². The molecule has 32 heavy (non-hydrogen) atoms. The van der Waals surface area contributed by atoms with E-state index in [9.17, 15) is 9.59 Å². The lowest BCUT2D eigenvalue weighted by atomic mass is 9.86. The molecule has 0 aliphatic carbocycles. The van der Waals surface area contributed by atoms with Gasteiger partial charge in [0.05, 0.1) is 17.4 Å². The Labute approximate surface area is 188 Å². The van der Waals surface area contributed by atoms with Crippen LogP contribution in [0.2, 0.25) is 0 Å². The fourth-order valence-electron chi connectivity index (χ4n) is 4.74. The molecule has 3 aliphatic rings. The third-order valence-electron chi connectivity index (χ3n) is 6.44. The molecule has 7 nitrogen and oxygen atoms in total. The van der Waals surface area contributed by atoms with Crippen LogP contribution in [0.15, 0.2) is 80.8 Å². The third kappa shape index (κ3) is 2.53. The number of aryl methyl sites for hydroxylation is 1. The molecule has 0 amide bonds. The molecule has 1 spiro atoms. The Hall–Kier alpha value is -3.52. The molecule has 8 heteroatoms. The van der Waals surface area contributed by atoms with E-state index in [0.717, 1.165) is 27.2 Å². The number of nitrogens with zero attached hydrogens (tertiary/aromatic N) is 4. The number of aromatic nitrogens is 2. The Bertz CT molecular complexity index is 1410. The van der Waals surface area contributed by atoms with Crippen molar-refractivity contribution in [3.05, 3.63) is 98.0 Å². The zero-order valence-electron chi connectivity index (χ0n) is 17.6. The lowest BCUT2D eigenvalue weighted by Gasteiger charge is -2.42. The molecule has 4 heterocycles. The van der Waals surface area contributed by atoms with Gasteiger partial charge in [-0.05, 0) is 36.6 Å². The van der Waals surface area contributed by atoms with Gasteiger partial charge in [0.2, 0.25) is 0 Å². The number of thioether (sulfide) groups is 1. The Balaban J connectivity index is 1.62. The number of nitrogens with one attached hydrogen (secondary N) is 1. The van der Waals surface area contributed by atoms with E-state index in [-0.39, 0.29) is 11.6 Å². The maximum Gasteiger partial charge on any atom is 0.329 e. The number of hydrogen-bond acceptors (Lipinski definition) is 6. The lowest BCUT2D eigenvalue weighted by Crippen LogP contribution is -2.57. The molecule has 2 unspecified atom stereocenters. The van der Waals surface area contributed by atoms with Crippen molar-refractivity contribution in [2.24, 2.45) is 12.1 Å². The van der Waals surface area contributed by atoms with E-state index in [4.69, 9.17) is 5.10 Å². The largest absolute Gasteiger partial charge is 0.329 e. The molecule has 0 radical (unpaired) electrons. The van der Waals surface area contributed by atoms with Crippen molar-refractivity contribution in [1.82, 2.24) is 9.55 Å². The smallest absolute Gasteiger partial charge is 0.325 e. The molecule has 0 bridgehead atoms. The Morgan fingerprint density at radius 2 is 1.81 bits per heavy atom. The molecule has 2 atom stereocenters. The van der Waals surface area contributed by atoms with Crippen LogP contribution in [0.4, 0.5) is 17.2 Å². The van der Waals surface area contributed by atoms with Crippen molar-refractivity contribution in [2.45, 2.75) is 17.7 Å². The topological polar surface area (TPSA) is 73.7 Å². The number of aromatic amines is 1. The SMILES string of the molecule is Cc1ccc(N2CC34SC=CC3N(c3ccccc3)N=C4c3c2[nH]c(=O)n(C)c3=O)cc1. The molecule has 3 aromatic rings. The van der Waals surface area contributed by atoms with Crippen LogP contribution in [0.5, 0.6) is 0 Å². The summed E-state index contributed by atoms with van der Waals surface area (Å²) in [5, 5.41) is 9.09. The average Bonchev–Trinajstić information content (AvgIpc) is 3.35. The number of para-hydroxylation sites is 1. The van der Waals surface area contributed by atoms with E-state index in [0.29, 0.717) is 17.9 Å². The minimum atomic E-state index is -0.460. The van der Waals surface area contributed by atoms with Gasteiger partial charge in [-0.1, -0.05) is 42.0 Å². The maximum atomic E-state index is 13.4. The summed E-state index contributed by atoms with van der Waals surface area (Å²) in [5.41, 5.74) is 3.45. The predicted molar refractivity (Wildman–Crippen MR) is 129 cm³/mol. The molecular formula is C24H21N5O2S. The van der Waals surface area contributed by atoms with E-state index < -0.39 is 10.4 Å². The highest BCUT2D eigenvalue weighted by atomic mass is 32.2. The van der Waals surface area contributed by atoms with Gasteiger partial charge in [-0.3, -0.25) is 19.4 Å². The molecule has 6 rings (SSSR count). The van der Waals surface area contributed by atoms with Gasteiger partial charge < -0.3 is 4.90 Å². The Morgan fingerprint density at radius 1 is 1.06 bits per heavy atom. The van der Waals surface area contributed by atoms with Crippen LogP contribution in [0.3, 0.4) is 0 Å². The van der Waals surface area contributed by atoms with Crippen molar-refractivity contribution < 1.29 is 0 Å². The van der Waals surface area contributed by atoms with Crippen LogP contribution < -0.4 is 21.2 Å². The van der Waals surface area contributed by atoms with Crippen LogP contribution >= 0.6 is 11.8 Å². The summed E-state index contributed by atoms with van der Waals surface area (Å²) in [6, 6.07) is 18.1. The first-order valence-corrected chi connectivity index (χ1v) is 11.3. The highest BCUT2D eigenvalue weighted by Gasteiger charge is 2.58. The molecule has 2 aromatic carbocycles. The van der Waals surface area contributed by atoms with Crippen LogP contribution in [0.1, 0.15) is 11.1 Å². The van der Waals surface area contributed by atoms with Crippen LogP contribution in [-0.2, 0) is 7.05 Å². The lowest BCUT2D eigenvalue weighted by molar-refractivity contribution is 0.644. The molecule has 3 aliphatic heterocycles. The van der Waals surface area contributed by atoms with Crippen molar-refractivity contribution >= 4 is 34.7 Å². The monoisotopic (exact) mass is 443 g/mol. The van der Waals surface area contributed by atoms with E-state index in [1.54, 1.807) is 11.8 Å². The van der Waals surface area contributed by atoms with Crippen LogP contribution in [0.25, 0.3) is 0 Å². The first-order valence-electron chi connectivity index (χ1n) is 10.5.